The van der Waals surface area contributed by atoms with Gasteiger partial charge in [0.25, 0.3) is 0 Å². The molecule has 2 aromatic rings. The van der Waals surface area contributed by atoms with Crippen molar-refractivity contribution in [1.29, 1.82) is 0 Å². The fourth-order valence-electron chi connectivity index (χ4n) is 2.76. The lowest BCUT2D eigenvalue weighted by molar-refractivity contribution is -0.125. The van der Waals surface area contributed by atoms with Gasteiger partial charge >= 0.3 is 0 Å². The van der Waals surface area contributed by atoms with E-state index in [1.165, 1.54) is 12.6 Å². The molecule has 1 amide bonds. The lowest BCUT2D eigenvalue weighted by atomic mass is 10.0. The third kappa shape index (κ3) is 4.71. The topological polar surface area (TPSA) is 66.5 Å². The molecule has 6 heteroatoms. The van der Waals surface area contributed by atoms with Crippen molar-refractivity contribution in [3.8, 4) is 0 Å². The van der Waals surface area contributed by atoms with Crippen LogP contribution in [0.4, 0.5) is 0 Å². The Bertz CT molecular complexity index is 879. The predicted octanol–water partition coefficient (Wildman–Crippen LogP) is 3.11. The summed E-state index contributed by atoms with van der Waals surface area (Å²) in [7, 11) is -2.11. The number of hydrogen-bond donors (Lipinski definition) is 1. The minimum atomic E-state index is -3.54. The zero-order valence-corrected chi connectivity index (χ0v) is 16.7. The summed E-state index contributed by atoms with van der Waals surface area (Å²) in [6.45, 7) is 5.96. The van der Waals surface area contributed by atoms with Gasteiger partial charge in [-0.1, -0.05) is 48.5 Å². The molecule has 0 heterocycles. The van der Waals surface area contributed by atoms with Crippen LogP contribution in [0.25, 0.3) is 0 Å². The van der Waals surface area contributed by atoms with Crippen molar-refractivity contribution in [3.05, 3.63) is 70.8 Å². The molecule has 0 aliphatic rings. The molecule has 140 valence electrons. The Hall–Kier alpha value is -2.18. The second kappa shape index (κ2) is 8.01. The smallest absolute Gasteiger partial charge is 0.243 e. The van der Waals surface area contributed by atoms with E-state index in [1.807, 2.05) is 45.0 Å². The van der Waals surface area contributed by atoms with Crippen molar-refractivity contribution >= 4 is 15.9 Å². The van der Waals surface area contributed by atoms with Crippen molar-refractivity contribution < 1.29 is 13.2 Å². The Morgan fingerprint density at radius 2 is 1.62 bits per heavy atom. The van der Waals surface area contributed by atoms with Crippen LogP contribution in [0, 0.1) is 13.8 Å². The van der Waals surface area contributed by atoms with Gasteiger partial charge in [-0.25, -0.2) is 8.42 Å². The number of hydrogen-bond acceptors (Lipinski definition) is 3. The lowest BCUT2D eigenvalue weighted by Gasteiger charge is -2.27. The van der Waals surface area contributed by atoms with Crippen LogP contribution < -0.4 is 5.32 Å². The van der Waals surface area contributed by atoms with Crippen LogP contribution in [0.15, 0.2) is 48.5 Å². The van der Waals surface area contributed by atoms with Gasteiger partial charge in [-0.3, -0.25) is 4.79 Å². The number of amides is 1. The molecular formula is C20H26N2O3S. The van der Waals surface area contributed by atoms with Crippen molar-refractivity contribution in [2.75, 3.05) is 13.3 Å². The highest BCUT2D eigenvalue weighted by Crippen LogP contribution is 2.24. The first-order valence-corrected chi connectivity index (χ1v) is 10.3. The molecule has 0 spiro atoms. The van der Waals surface area contributed by atoms with Crippen molar-refractivity contribution in [1.82, 2.24) is 9.62 Å². The van der Waals surface area contributed by atoms with E-state index in [2.05, 4.69) is 5.32 Å². The van der Waals surface area contributed by atoms with Gasteiger partial charge in [0, 0.05) is 7.05 Å². The molecule has 2 atom stereocenters. The summed E-state index contributed by atoms with van der Waals surface area (Å²) in [5.41, 5.74) is 3.95. The summed E-state index contributed by atoms with van der Waals surface area (Å²) < 4.78 is 25.2. The normalized spacial score (nSPS) is 14.1. The number of sulfonamides is 1. The number of nitrogens with zero attached hydrogens (tertiary/aromatic N) is 1. The second-order valence-corrected chi connectivity index (χ2v) is 8.71. The number of rotatable bonds is 6. The third-order valence-corrected chi connectivity index (χ3v) is 5.90. The van der Waals surface area contributed by atoms with E-state index in [0.29, 0.717) is 5.56 Å². The first-order valence-electron chi connectivity index (χ1n) is 8.46. The van der Waals surface area contributed by atoms with E-state index in [1.54, 1.807) is 24.3 Å². The molecule has 0 aliphatic heterocycles. The number of aryl methyl sites for hydroxylation is 2. The molecule has 0 fully saturated rings. The fraction of sp³-hybridized carbons (Fsp3) is 0.350. The van der Waals surface area contributed by atoms with Crippen molar-refractivity contribution in [3.63, 3.8) is 0 Å². The molecule has 0 saturated carbocycles. The molecular weight excluding hydrogens is 348 g/mol. The molecule has 1 N–H and O–H groups in total. The van der Waals surface area contributed by atoms with Crippen LogP contribution in [0.3, 0.4) is 0 Å². The summed E-state index contributed by atoms with van der Waals surface area (Å²) in [6, 6.07) is 13.8. The van der Waals surface area contributed by atoms with Gasteiger partial charge in [0.05, 0.1) is 12.3 Å². The first-order chi connectivity index (χ1) is 12.1. The average Bonchev–Trinajstić information content (AvgIpc) is 2.57. The van der Waals surface area contributed by atoms with E-state index >= 15 is 0 Å². The maximum Gasteiger partial charge on any atom is 0.243 e. The Balaban J connectivity index is 2.30. The molecule has 2 rings (SSSR count). The van der Waals surface area contributed by atoms with Gasteiger partial charge in [-0.05, 0) is 43.0 Å². The SMILES string of the molecule is Cc1ccc([C@@H](C)NC(=O)[C@H](c2ccccc2)N(C)S(C)(=O)=O)cc1C. The third-order valence-electron chi connectivity index (χ3n) is 4.64. The number of likely N-dealkylation sites (N-methyl/N-ethyl adjacent to an activating group) is 1. The zero-order valence-electron chi connectivity index (χ0n) is 15.9. The van der Waals surface area contributed by atoms with E-state index in [-0.39, 0.29) is 11.9 Å². The molecule has 26 heavy (non-hydrogen) atoms. The highest BCUT2D eigenvalue weighted by Gasteiger charge is 2.31. The largest absolute Gasteiger partial charge is 0.348 e. The standard InChI is InChI=1S/C20H26N2O3S/c1-14-11-12-18(13-15(14)2)16(3)21-20(23)19(22(4)26(5,24)25)17-9-7-6-8-10-17/h6-13,16,19H,1-5H3,(H,21,23)/t16-,19+/m1/s1. The molecule has 2 aromatic carbocycles. The molecule has 0 aliphatic carbocycles. The van der Waals surface area contributed by atoms with Gasteiger partial charge in [0.15, 0.2) is 0 Å². The van der Waals surface area contributed by atoms with Crippen LogP contribution in [0.2, 0.25) is 0 Å². The number of benzene rings is 2. The summed E-state index contributed by atoms with van der Waals surface area (Å²) in [5.74, 6) is -0.352. The minimum Gasteiger partial charge on any atom is -0.348 e. The molecule has 0 unspecified atom stereocenters. The van der Waals surface area contributed by atoms with E-state index in [4.69, 9.17) is 0 Å². The second-order valence-electron chi connectivity index (χ2n) is 6.67. The Kier molecular flexibility index (Phi) is 6.21. The van der Waals surface area contributed by atoms with Crippen LogP contribution in [0.5, 0.6) is 0 Å². The van der Waals surface area contributed by atoms with E-state index in [0.717, 1.165) is 21.7 Å². The number of carbonyl (C=O) groups excluding carboxylic acids is 1. The van der Waals surface area contributed by atoms with Gasteiger partial charge in [0.2, 0.25) is 15.9 Å². The molecule has 0 bridgehead atoms. The van der Waals surface area contributed by atoms with Crippen LogP contribution in [-0.2, 0) is 14.8 Å². The van der Waals surface area contributed by atoms with E-state index in [9.17, 15) is 13.2 Å². The monoisotopic (exact) mass is 374 g/mol. The van der Waals surface area contributed by atoms with Crippen molar-refractivity contribution in [2.24, 2.45) is 0 Å². The summed E-state index contributed by atoms with van der Waals surface area (Å²) >= 11 is 0. The molecule has 0 radical (unpaired) electrons. The number of carbonyl (C=O) groups is 1. The Labute approximate surface area is 156 Å². The molecule has 0 saturated heterocycles. The average molecular weight is 375 g/mol. The van der Waals surface area contributed by atoms with Crippen LogP contribution >= 0.6 is 0 Å². The predicted molar refractivity (Wildman–Crippen MR) is 104 cm³/mol. The van der Waals surface area contributed by atoms with Crippen LogP contribution in [0.1, 0.15) is 41.3 Å². The van der Waals surface area contributed by atoms with Gasteiger partial charge in [-0.15, -0.1) is 0 Å². The van der Waals surface area contributed by atoms with Gasteiger partial charge < -0.3 is 5.32 Å². The molecule has 5 nitrogen and oxygen atoms in total. The Morgan fingerprint density at radius 1 is 1.00 bits per heavy atom. The summed E-state index contributed by atoms with van der Waals surface area (Å²) in [5, 5.41) is 2.95. The highest BCUT2D eigenvalue weighted by atomic mass is 32.2. The quantitative estimate of drug-likeness (QED) is 0.845. The fourth-order valence-corrected chi connectivity index (χ4v) is 3.36. The van der Waals surface area contributed by atoms with Gasteiger partial charge in [-0.2, -0.15) is 4.31 Å². The Morgan fingerprint density at radius 3 is 2.15 bits per heavy atom. The van der Waals surface area contributed by atoms with E-state index < -0.39 is 16.1 Å². The first kappa shape index (κ1) is 20.1. The lowest BCUT2D eigenvalue weighted by Crippen LogP contribution is -2.42. The van der Waals surface area contributed by atoms with Crippen molar-refractivity contribution in [2.45, 2.75) is 32.9 Å². The maximum atomic E-state index is 13.0. The summed E-state index contributed by atoms with van der Waals surface area (Å²) in [4.78, 5) is 13.0. The zero-order chi connectivity index (χ0) is 19.5. The van der Waals surface area contributed by atoms with Gasteiger partial charge in [0.1, 0.15) is 6.04 Å². The minimum absolute atomic E-state index is 0.235. The highest BCUT2D eigenvalue weighted by molar-refractivity contribution is 7.88. The van der Waals surface area contributed by atoms with Crippen LogP contribution in [-0.4, -0.2) is 31.9 Å². The molecule has 0 aromatic heterocycles. The summed E-state index contributed by atoms with van der Waals surface area (Å²) in [6.07, 6.45) is 1.10. The maximum absolute atomic E-state index is 13.0. The number of nitrogens with one attached hydrogen (secondary N) is 1.